The molecule has 0 radical (unpaired) electrons. The quantitative estimate of drug-likeness (QED) is 0.399. The van der Waals surface area contributed by atoms with Gasteiger partial charge in [-0.3, -0.25) is 4.79 Å². The summed E-state index contributed by atoms with van der Waals surface area (Å²) in [5, 5.41) is 0. The molecule has 1 saturated heterocycles. The fourth-order valence-electron chi connectivity index (χ4n) is 5.96. The van der Waals surface area contributed by atoms with Gasteiger partial charge in [0.15, 0.2) is 0 Å². The van der Waals surface area contributed by atoms with Gasteiger partial charge in [-0.05, 0) is 80.1 Å². The minimum atomic E-state index is -4.80. The Morgan fingerprint density at radius 1 is 1.00 bits per heavy atom. The first-order chi connectivity index (χ1) is 17.2. The summed E-state index contributed by atoms with van der Waals surface area (Å²) in [7, 11) is 2.84. The van der Waals surface area contributed by atoms with Crippen LogP contribution < -0.4 is 19.3 Å². The Bertz CT molecular complexity index is 1120. The average molecular weight is 531 g/mol. The Hall–Kier alpha value is -3.11. The topological polar surface area (TPSA) is 42.0 Å². The molecule has 2 aliphatic rings. The van der Waals surface area contributed by atoms with Crippen molar-refractivity contribution >= 4 is 17.3 Å². The van der Waals surface area contributed by atoms with E-state index < -0.39 is 54.1 Å². The van der Waals surface area contributed by atoms with E-state index in [1.165, 1.54) is 67.7 Å². The molecule has 1 heterocycles. The lowest BCUT2D eigenvalue weighted by atomic mass is 9.98. The molecule has 0 bridgehead atoms. The monoisotopic (exact) mass is 530 g/mol. The predicted octanol–water partition coefficient (Wildman–Crippen LogP) is 6.22. The zero-order chi connectivity index (χ0) is 27.3. The van der Waals surface area contributed by atoms with Crippen LogP contribution in [-0.4, -0.2) is 50.1 Å². The van der Waals surface area contributed by atoms with Crippen molar-refractivity contribution < 1.29 is 40.6 Å². The van der Waals surface area contributed by atoms with Crippen molar-refractivity contribution in [1.29, 1.82) is 0 Å². The van der Waals surface area contributed by atoms with Crippen LogP contribution in [0.5, 0.6) is 11.5 Å². The molecule has 2 fully saturated rings. The highest BCUT2D eigenvalue weighted by molar-refractivity contribution is 5.92. The maximum Gasteiger partial charge on any atom is 0.409 e. The highest BCUT2D eigenvalue weighted by atomic mass is 19.4. The van der Waals surface area contributed by atoms with Crippen LogP contribution in [0.2, 0.25) is 0 Å². The number of methoxy groups -OCH3 is 2. The van der Waals surface area contributed by atoms with E-state index in [0.29, 0.717) is 16.4 Å². The van der Waals surface area contributed by atoms with Crippen LogP contribution >= 0.6 is 0 Å². The van der Waals surface area contributed by atoms with Crippen LogP contribution in [0.15, 0.2) is 48.5 Å². The molecule has 0 aromatic heterocycles. The number of hydrogen-bond donors (Lipinski definition) is 0. The molecule has 11 heteroatoms. The van der Waals surface area contributed by atoms with E-state index in [-0.39, 0.29) is 17.8 Å². The molecule has 1 amide bonds. The predicted molar refractivity (Wildman–Crippen MR) is 126 cm³/mol. The molecule has 37 heavy (non-hydrogen) atoms. The number of hydrogen-bond acceptors (Lipinski definition) is 4. The molecular formula is C26H28F6N2O3. The van der Waals surface area contributed by atoms with Crippen LogP contribution in [0.25, 0.3) is 0 Å². The van der Waals surface area contributed by atoms with Crippen molar-refractivity contribution in [3.8, 4) is 11.5 Å². The molecule has 1 aliphatic heterocycles. The summed E-state index contributed by atoms with van der Waals surface area (Å²) in [4.78, 5) is 14.4. The van der Waals surface area contributed by atoms with Gasteiger partial charge in [0.05, 0.1) is 14.2 Å². The smallest absolute Gasteiger partial charge is 0.409 e. The third kappa shape index (κ3) is 4.80. The molecule has 4 rings (SSSR count). The SMILES string of the molecule is COc1ccc(N(C(C)=O)C(CC2[C@@H]3CC(C(F)(F)F)N(c4ccc(OC)cc4)[C@]23C)C(F)(F)F)cc1. The number of nitrogens with zero attached hydrogens (tertiary/aromatic N) is 2. The highest BCUT2D eigenvalue weighted by Gasteiger charge is 2.74. The van der Waals surface area contributed by atoms with E-state index in [9.17, 15) is 31.1 Å². The molecule has 3 unspecified atom stereocenters. The molecule has 5 atom stereocenters. The second kappa shape index (κ2) is 9.33. The van der Waals surface area contributed by atoms with E-state index in [0.717, 1.165) is 6.92 Å². The Balaban J connectivity index is 1.67. The van der Waals surface area contributed by atoms with Crippen LogP contribution in [0.4, 0.5) is 37.7 Å². The number of ether oxygens (including phenoxy) is 2. The molecule has 202 valence electrons. The highest BCUT2D eigenvalue weighted by Crippen LogP contribution is 2.67. The lowest BCUT2D eigenvalue weighted by molar-refractivity contribution is -0.158. The third-order valence-electron chi connectivity index (χ3n) is 7.77. The maximum absolute atomic E-state index is 14.4. The van der Waals surface area contributed by atoms with E-state index in [4.69, 9.17) is 9.47 Å². The molecular weight excluding hydrogens is 502 g/mol. The Labute approximate surface area is 210 Å². The largest absolute Gasteiger partial charge is 0.497 e. The van der Waals surface area contributed by atoms with E-state index >= 15 is 0 Å². The first kappa shape index (κ1) is 26.9. The number of amides is 1. The van der Waals surface area contributed by atoms with Crippen molar-refractivity contribution in [3.05, 3.63) is 48.5 Å². The second-order valence-electron chi connectivity index (χ2n) is 9.68. The minimum absolute atomic E-state index is 0.0340. The van der Waals surface area contributed by atoms with Gasteiger partial charge in [-0.25, -0.2) is 0 Å². The number of carbonyl (C=O) groups excluding carboxylic acids is 1. The van der Waals surface area contributed by atoms with Gasteiger partial charge >= 0.3 is 12.4 Å². The van der Waals surface area contributed by atoms with Gasteiger partial charge < -0.3 is 19.3 Å². The normalized spacial score (nSPS) is 25.9. The molecule has 1 aliphatic carbocycles. The number of fused-ring (bicyclic) bond motifs is 1. The van der Waals surface area contributed by atoms with Gasteiger partial charge in [0.2, 0.25) is 5.91 Å². The summed E-state index contributed by atoms with van der Waals surface area (Å²) in [5.41, 5.74) is -0.856. The molecule has 0 N–H and O–H groups in total. The van der Waals surface area contributed by atoms with Crippen LogP contribution in [0, 0.1) is 11.8 Å². The molecule has 1 saturated carbocycles. The molecule has 5 nitrogen and oxygen atoms in total. The summed E-state index contributed by atoms with van der Waals surface area (Å²) in [5.74, 6) is -1.28. The fourth-order valence-corrected chi connectivity index (χ4v) is 5.96. The van der Waals surface area contributed by atoms with Crippen LogP contribution in [-0.2, 0) is 4.79 Å². The summed E-state index contributed by atoms with van der Waals surface area (Å²) < 4.78 is 95.3. The van der Waals surface area contributed by atoms with Gasteiger partial charge in [0.25, 0.3) is 0 Å². The summed E-state index contributed by atoms with van der Waals surface area (Å²) >= 11 is 0. The Morgan fingerprint density at radius 2 is 1.51 bits per heavy atom. The molecule has 2 aromatic carbocycles. The zero-order valence-corrected chi connectivity index (χ0v) is 20.7. The maximum atomic E-state index is 14.4. The number of rotatable bonds is 7. The number of anilines is 2. The Kier molecular flexibility index (Phi) is 6.79. The second-order valence-corrected chi connectivity index (χ2v) is 9.68. The number of benzene rings is 2. The van der Waals surface area contributed by atoms with E-state index in [1.807, 2.05) is 0 Å². The van der Waals surface area contributed by atoms with Crippen molar-refractivity contribution in [3.63, 3.8) is 0 Å². The Morgan fingerprint density at radius 3 is 1.95 bits per heavy atom. The zero-order valence-electron chi connectivity index (χ0n) is 20.7. The summed E-state index contributed by atoms with van der Waals surface area (Å²) in [6.07, 6.45) is -10.2. The number of alkyl halides is 6. The van der Waals surface area contributed by atoms with Crippen LogP contribution in [0.1, 0.15) is 26.7 Å². The number of halogens is 6. The molecule has 0 spiro atoms. The van der Waals surface area contributed by atoms with Crippen molar-refractivity contribution in [2.45, 2.75) is 56.7 Å². The van der Waals surface area contributed by atoms with Crippen molar-refractivity contribution in [1.82, 2.24) is 0 Å². The van der Waals surface area contributed by atoms with Gasteiger partial charge in [-0.2, -0.15) is 26.3 Å². The summed E-state index contributed by atoms with van der Waals surface area (Å²) in [6.45, 7) is 2.62. The average Bonchev–Trinajstić information content (AvgIpc) is 3.23. The standard InChI is InChI=1S/C26H28F6N2O3/c1-15(35)33(16-5-9-18(36-3)10-6-16)22(25(27,28)29)13-20-21-14-23(26(30,31)32)34(24(20,21)2)17-7-11-19(37-4)12-8-17/h5-12,20-23H,13-14H2,1-4H3/t20?,21-,22?,23?,24+/m0/s1. The minimum Gasteiger partial charge on any atom is -0.497 e. The number of piperidine rings is 1. The van der Waals surface area contributed by atoms with Crippen LogP contribution in [0.3, 0.4) is 0 Å². The van der Waals surface area contributed by atoms with Gasteiger partial charge in [-0.15, -0.1) is 0 Å². The van der Waals surface area contributed by atoms with Gasteiger partial charge in [0, 0.05) is 23.8 Å². The first-order valence-electron chi connectivity index (χ1n) is 11.7. The van der Waals surface area contributed by atoms with Crippen molar-refractivity contribution in [2.24, 2.45) is 11.8 Å². The lowest BCUT2D eigenvalue weighted by Gasteiger charge is -2.39. The lowest BCUT2D eigenvalue weighted by Crippen LogP contribution is -2.52. The summed E-state index contributed by atoms with van der Waals surface area (Å²) in [6, 6.07) is 7.62. The van der Waals surface area contributed by atoms with Gasteiger partial charge in [-0.1, -0.05) is 0 Å². The third-order valence-corrected chi connectivity index (χ3v) is 7.77. The van der Waals surface area contributed by atoms with E-state index in [2.05, 4.69) is 0 Å². The molecule has 2 aromatic rings. The fraction of sp³-hybridized carbons (Fsp3) is 0.500. The van der Waals surface area contributed by atoms with E-state index in [1.54, 1.807) is 6.92 Å². The van der Waals surface area contributed by atoms with Gasteiger partial charge in [0.1, 0.15) is 23.6 Å². The van der Waals surface area contributed by atoms with Crippen molar-refractivity contribution in [2.75, 3.05) is 24.0 Å². The first-order valence-corrected chi connectivity index (χ1v) is 11.7. The number of carbonyl (C=O) groups is 1.